The molecule has 4 rings (SSSR count). The number of aryl methyl sites for hydroxylation is 2. The number of nitrogens with zero attached hydrogens (tertiary/aromatic N) is 5. The molecule has 0 saturated carbocycles. The molecule has 0 spiro atoms. The van der Waals surface area contributed by atoms with Crippen molar-refractivity contribution in [2.24, 2.45) is 7.05 Å². The highest BCUT2D eigenvalue weighted by Crippen LogP contribution is 2.19. The molecule has 0 bridgehead atoms. The van der Waals surface area contributed by atoms with E-state index in [-0.39, 0.29) is 18.7 Å². The number of benzene rings is 1. The Bertz CT molecular complexity index is 1310. The Hall–Kier alpha value is -3.33. The van der Waals surface area contributed by atoms with Gasteiger partial charge >= 0.3 is 5.69 Å². The van der Waals surface area contributed by atoms with Gasteiger partial charge in [0.25, 0.3) is 5.56 Å². The van der Waals surface area contributed by atoms with Gasteiger partial charge in [-0.25, -0.2) is 4.79 Å². The number of hydrogen-bond donors (Lipinski definition) is 0. The molecule has 0 atom stereocenters. The molecular weight excluding hydrogens is 374 g/mol. The van der Waals surface area contributed by atoms with Crippen molar-refractivity contribution in [3.63, 3.8) is 0 Å². The zero-order chi connectivity index (χ0) is 20.7. The Morgan fingerprint density at radius 2 is 1.79 bits per heavy atom. The minimum atomic E-state index is -0.404. The molecule has 0 aliphatic heterocycles. The van der Waals surface area contributed by atoms with E-state index in [0.717, 1.165) is 17.0 Å². The van der Waals surface area contributed by atoms with E-state index in [9.17, 15) is 9.59 Å². The summed E-state index contributed by atoms with van der Waals surface area (Å²) in [7, 11) is 4.79. The van der Waals surface area contributed by atoms with E-state index in [1.807, 2.05) is 42.0 Å². The summed E-state index contributed by atoms with van der Waals surface area (Å²) in [6.07, 6.45) is 1.88. The molecule has 0 saturated heterocycles. The van der Waals surface area contributed by atoms with Gasteiger partial charge in [0.15, 0.2) is 11.2 Å². The Morgan fingerprint density at radius 3 is 2.45 bits per heavy atom. The fourth-order valence-electron chi connectivity index (χ4n) is 3.54. The normalized spacial score (nSPS) is 11.6. The molecule has 9 nitrogen and oxygen atoms in total. The van der Waals surface area contributed by atoms with Gasteiger partial charge in [-0.2, -0.15) is 4.98 Å². The third-order valence-electron chi connectivity index (χ3n) is 5.16. The van der Waals surface area contributed by atoms with E-state index in [1.165, 1.54) is 16.2 Å². The van der Waals surface area contributed by atoms with Crippen molar-refractivity contribution in [2.45, 2.75) is 20.0 Å². The molecule has 29 heavy (non-hydrogen) atoms. The van der Waals surface area contributed by atoms with Crippen LogP contribution in [0, 0.1) is 6.92 Å². The SMILES string of the molecule is COCCn1c(=O)c2c(nc3n(Cc4ccc(OC)cc4)c(C)cn23)n(C)c1=O. The van der Waals surface area contributed by atoms with Crippen LogP contribution in [0.2, 0.25) is 0 Å². The van der Waals surface area contributed by atoms with Crippen LogP contribution in [0.15, 0.2) is 40.1 Å². The van der Waals surface area contributed by atoms with Gasteiger partial charge in [-0.3, -0.25) is 18.3 Å². The average Bonchev–Trinajstić information content (AvgIpc) is 3.23. The van der Waals surface area contributed by atoms with Crippen LogP contribution < -0.4 is 16.0 Å². The van der Waals surface area contributed by atoms with Crippen LogP contribution in [0.4, 0.5) is 0 Å². The van der Waals surface area contributed by atoms with Gasteiger partial charge in [-0.05, 0) is 24.6 Å². The molecule has 0 aliphatic carbocycles. The first-order valence-corrected chi connectivity index (χ1v) is 9.26. The molecule has 152 valence electrons. The van der Waals surface area contributed by atoms with E-state index in [0.29, 0.717) is 23.5 Å². The Morgan fingerprint density at radius 1 is 1.07 bits per heavy atom. The fourth-order valence-corrected chi connectivity index (χ4v) is 3.54. The van der Waals surface area contributed by atoms with Gasteiger partial charge in [-0.1, -0.05) is 12.1 Å². The second-order valence-corrected chi connectivity index (χ2v) is 6.95. The van der Waals surface area contributed by atoms with Crippen molar-refractivity contribution in [1.29, 1.82) is 0 Å². The van der Waals surface area contributed by atoms with Crippen molar-refractivity contribution in [3.05, 3.63) is 62.6 Å². The number of aromatic nitrogens is 5. The summed E-state index contributed by atoms with van der Waals surface area (Å²) >= 11 is 0. The van der Waals surface area contributed by atoms with Crippen molar-refractivity contribution in [3.8, 4) is 5.75 Å². The summed E-state index contributed by atoms with van der Waals surface area (Å²) in [5.74, 6) is 1.41. The molecule has 0 amide bonds. The monoisotopic (exact) mass is 397 g/mol. The Labute approximate surface area is 166 Å². The summed E-state index contributed by atoms with van der Waals surface area (Å²) in [6, 6.07) is 7.80. The molecule has 9 heteroatoms. The zero-order valence-corrected chi connectivity index (χ0v) is 16.9. The summed E-state index contributed by atoms with van der Waals surface area (Å²) in [4.78, 5) is 30.3. The lowest BCUT2D eigenvalue weighted by atomic mass is 10.2. The van der Waals surface area contributed by atoms with Crippen molar-refractivity contribution < 1.29 is 9.47 Å². The van der Waals surface area contributed by atoms with Crippen LogP contribution in [0.3, 0.4) is 0 Å². The number of rotatable bonds is 6. The highest BCUT2D eigenvalue weighted by Gasteiger charge is 2.20. The predicted molar refractivity (Wildman–Crippen MR) is 109 cm³/mol. The minimum Gasteiger partial charge on any atom is -0.497 e. The molecule has 3 aromatic heterocycles. The highest BCUT2D eigenvalue weighted by atomic mass is 16.5. The van der Waals surface area contributed by atoms with E-state index in [4.69, 9.17) is 9.47 Å². The summed E-state index contributed by atoms with van der Waals surface area (Å²) in [6.45, 7) is 3.02. The molecular formula is C20H23N5O4. The molecule has 0 unspecified atom stereocenters. The van der Waals surface area contributed by atoms with E-state index < -0.39 is 5.69 Å². The largest absolute Gasteiger partial charge is 0.497 e. The van der Waals surface area contributed by atoms with E-state index in [2.05, 4.69) is 4.98 Å². The lowest BCUT2D eigenvalue weighted by molar-refractivity contribution is 0.184. The van der Waals surface area contributed by atoms with Gasteiger partial charge in [0.2, 0.25) is 5.78 Å². The highest BCUT2D eigenvalue weighted by molar-refractivity contribution is 5.75. The zero-order valence-electron chi connectivity index (χ0n) is 16.9. The summed E-state index contributed by atoms with van der Waals surface area (Å²) in [5, 5.41) is 0. The third-order valence-corrected chi connectivity index (χ3v) is 5.16. The van der Waals surface area contributed by atoms with Gasteiger partial charge in [0, 0.05) is 26.0 Å². The Kier molecular flexibility index (Phi) is 4.75. The quantitative estimate of drug-likeness (QED) is 0.488. The lowest BCUT2D eigenvalue weighted by Gasteiger charge is -2.07. The maximum atomic E-state index is 13.0. The van der Waals surface area contributed by atoms with Gasteiger partial charge in [0.1, 0.15) is 5.75 Å². The molecule has 0 fully saturated rings. The number of hydrogen-bond acceptors (Lipinski definition) is 5. The number of ether oxygens (including phenoxy) is 2. The lowest BCUT2D eigenvalue weighted by Crippen LogP contribution is -2.40. The molecule has 0 N–H and O–H groups in total. The van der Waals surface area contributed by atoms with Gasteiger partial charge in [-0.15, -0.1) is 0 Å². The number of fused-ring (bicyclic) bond motifs is 3. The number of imidazole rings is 2. The van der Waals surface area contributed by atoms with Crippen LogP contribution in [0.5, 0.6) is 5.75 Å². The standard InChI is InChI=1S/C20H23N5O4/c1-13-11-25-16-17(22(2)20(27)23(18(16)26)9-10-28-3)21-19(25)24(13)12-14-5-7-15(29-4)8-6-14/h5-8,11H,9-10,12H2,1-4H3. The van der Waals surface area contributed by atoms with Crippen LogP contribution in [0.1, 0.15) is 11.3 Å². The van der Waals surface area contributed by atoms with Gasteiger partial charge < -0.3 is 14.0 Å². The second-order valence-electron chi connectivity index (χ2n) is 6.95. The molecule has 0 radical (unpaired) electrons. The van der Waals surface area contributed by atoms with E-state index in [1.54, 1.807) is 18.6 Å². The molecule has 1 aromatic carbocycles. The van der Waals surface area contributed by atoms with Crippen LogP contribution in [-0.2, 0) is 24.9 Å². The minimum absolute atomic E-state index is 0.191. The topological polar surface area (TPSA) is 84.7 Å². The second kappa shape index (κ2) is 7.25. The molecule has 3 heterocycles. The molecule has 0 aliphatic rings. The van der Waals surface area contributed by atoms with E-state index >= 15 is 0 Å². The first-order valence-electron chi connectivity index (χ1n) is 9.26. The molecule has 4 aromatic rings. The van der Waals surface area contributed by atoms with Crippen molar-refractivity contribution >= 4 is 16.9 Å². The smallest absolute Gasteiger partial charge is 0.332 e. The first-order chi connectivity index (χ1) is 14.0. The summed E-state index contributed by atoms with van der Waals surface area (Å²) < 4.78 is 16.6. The van der Waals surface area contributed by atoms with Crippen LogP contribution in [0.25, 0.3) is 16.9 Å². The van der Waals surface area contributed by atoms with Crippen molar-refractivity contribution in [2.75, 3.05) is 20.8 Å². The maximum absolute atomic E-state index is 13.0. The number of methoxy groups -OCH3 is 2. The first kappa shape index (κ1) is 19.0. The Balaban J connectivity index is 1.90. The fraction of sp³-hybridized carbons (Fsp3) is 0.350. The predicted octanol–water partition coefficient (Wildman–Crippen LogP) is 1.16. The average molecular weight is 397 g/mol. The maximum Gasteiger partial charge on any atom is 0.332 e. The van der Waals surface area contributed by atoms with Crippen LogP contribution in [-0.4, -0.2) is 43.9 Å². The van der Waals surface area contributed by atoms with Crippen LogP contribution >= 0.6 is 0 Å². The van der Waals surface area contributed by atoms with Gasteiger partial charge in [0.05, 0.1) is 26.8 Å². The third kappa shape index (κ3) is 3.03. The van der Waals surface area contributed by atoms with Crippen molar-refractivity contribution in [1.82, 2.24) is 23.1 Å². The summed E-state index contributed by atoms with van der Waals surface area (Å²) in [5.41, 5.74) is 2.02.